The van der Waals surface area contributed by atoms with Crippen LogP contribution in [0.2, 0.25) is 4.34 Å². The Morgan fingerprint density at radius 2 is 2.05 bits per heavy atom. The molecule has 0 spiro atoms. The standard InChI is InChI=1S/C12H15ClN2O4S/c1-15(7-8-5-6-9(13)20-8)12(19)14-10(16)3-2-4-11(17)18/h5-6H,2-4,7H2,1H3,(H,17,18)(H,14,16,19). The first-order chi connectivity index (χ1) is 9.38. The first kappa shape index (κ1) is 16.5. The van der Waals surface area contributed by atoms with Gasteiger partial charge in [-0.25, -0.2) is 4.79 Å². The van der Waals surface area contributed by atoms with Crippen molar-refractivity contribution in [2.75, 3.05) is 7.05 Å². The molecule has 110 valence electrons. The molecule has 3 amide bonds. The van der Waals surface area contributed by atoms with Crippen LogP contribution in [0.4, 0.5) is 4.79 Å². The third-order valence-electron chi connectivity index (χ3n) is 2.41. The number of aliphatic carboxylic acids is 1. The van der Waals surface area contributed by atoms with E-state index in [1.54, 1.807) is 13.1 Å². The van der Waals surface area contributed by atoms with Crippen LogP contribution in [0.3, 0.4) is 0 Å². The predicted molar refractivity (Wildman–Crippen MR) is 75.8 cm³/mol. The van der Waals surface area contributed by atoms with Gasteiger partial charge in [-0.15, -0.1) is 11.3 Å². The largest absolute Gasteiger partial charge is 0.481 e. The molecule has 0 saturated carbocycles. The number of thiophene rings is 1. The lowest BCUT2D eigenvalue weighted by Crippen LogP contribution is -2.40. The number of carbonyl (C=O) groups excluding carboxylic acids is 2. The number of carbonyl (C=O) groups is 3. The number of nitrogens with zero attached hydrogens (tertiary/aromatic N) is 1. The smallest absolute Gasteiger partial charge is 0.324 e. The zero-order valence-electron chi connectivity index (χ0n) is 10.9. The normalized spacial score (nSPS) is 10.1. The molecular formula is C12H15ClN2O4S. The van der Waals surface area contributed by atoms with Crippen molar-refractivity contribution in [1.82, 2.24) is 10.2 Å². The molecule has 0 aliphatic carbocycles. The number of rotatable bonds is 6. The lowest BCUT2D eigenvalue weighted by atomic mass is 10.2. The van der Waals surface area contributed by atoms with Gasteiger partial charge in [-0.3, -0.25) is 14.9 Å². The highest BCUT2D eigenvalue weighted by molar-refractivity contribution is 7.16. The van der Waals surface area contributed by atoms with Crippen molar-refractivity contribution in [3.05, 3.63) is 21.3 Å². The zero-order chi connectivity index (χ0) is 15.1. The lowest BCUT2D eigenvalue weighted by Gasteiger charge is -2.16. The van der Waals surface area contributed by atoms with Crippen LogP contribution in [-0.2, 0) is 16.1 Å². The number of hydrogen-bond acceptors (Lipinski definition) is 4. The molecule has 0 saturated heterocycles. The molecule has 0 atom stereocenters. The Kier molecular flexibility index (Phi) is 6.47. The van der Waals surface area contributed by atoms with Gasteiger partial charge in [-0.05, 0) is 18.6 Å². The number of nitrogens with one attached hydrogen (secondary N) is 1. The summed E-state index contributed by atoms with van der Waals surface area (Å²) in [5.41, 5.74) is 0. The molecule has 1 aromatic heterocycles. The Bertz CT molecular complexity index is 503. The van der Waals surface area contributed by atoms with Crippen LogP contribution in [0.5, 0.6) is 0 Å². The molecular weight excluding hydrogens is 304 g/mol. The van der Waals surface area contributed by atoms with E-state index in [1.165, 1.54) is 16.2 Å². The average molecular weight is 319 g/mol. The molecule has 20 heavy (non-hydrogen) atoms. The molecule has 2 N–H and O–H groups in total. The third-order valence-corrected chi connectivity index (χ3v) is 3.63. The monoisotopic (exact) mass is 318 g/mol. The van der Waals surface area contributed by atoms with E-state index >= 15 is 0 Å². The minimum atomic E-state index is -0.962. The molecule has 0 aliphatic heterocycles. The van der Waals surface area contributed by atoms with Gasteiger partial charge in [0.05, 0.1) is 10.9 Å². The van der Waals surface area contributed by atoms with E-state index in [-0.39, 0.29) is 19.3 Å². The van der Waals surface area contributed by atoms with Crippen molar-refractivity contribution < 1.29 is 19.5 Å². The van der Waals surface area contributed by atoms with Crippen molar-refractivity contribution in [3.8, 4) is 0 Å². The number of halogens is 1. The van der Waals surface area contributed by atoms with Crippen LogP contribution < -0.4 is 5.32 Å². The number of urea groups is 1. The van der Waals surface area contributed by atoms with Crippen molar-refractivity contribution in [2.24, 2.45) is 0 Å². The highest BCUT2D eigenvalue weighted by Crippen LogP contribution is 2.22. The second-order valence-electron chi connectivity index (χ2n) is 4.16. The first-order valence-corrected chi connectivity index (χ1v) is 7.09. The summed E-state index contributed by atoms with van der Waals surface area (Å²) in [7, 11) is 1.56. The van der Waals surface area contributed by atoms with E-state index in [9.17, 15) is 14.4 Å². The SMILES string of the molecule is CN(Cc1ccc(Cl)s1)C(=O)NC(=O)CCCC(=O)O. The molecule has 0 fully saturated rings. The predicted octanol–water partition coefficient (Wildman–Crippen LogP) is 2.32. The molecule has 0 bridgehead atoms. The van der Waals surface area contributed by atoms with Crippen LogP contribution in [0.25, 0.3) is 0 Å². The zero-order valence-corrected chi connectivity index (χ0v) is 12.5. The van der Waals surface area contributed by atoms with E-state index in [0.717, 1.165) is 4.88 Å². The molecule has 1 heterocycles. The highest BCUT2D eigenvalue weighted by Gasteiger charge is 2.13. The summed E-state index contributed by atoms with van der Waals surface area (Å²) in [5, 5.41) is 10.7. The van der Waals surface area contributed by atoms with E-state index in [2.05, 4.69) is 5.32 Å². The van der Waals surface area contributed by atoms with Gasteiger partial charge >= 0.3 is 12.0 Å². The van der Waals surface area contributed by atoms with Gasteiger partial charge in [0, 0.05) is 24.8 Å². The molecule has 0 aromatic carbocycles. The van der Waals surface area contributed by atoms with Gasteiger partial charge in [-0.1, -0.05) is 11.6 Å². The Morgan fingerprint density at radius 3 is 2.60 bits per heavy atom. The molecule has 6 nitrogen and oxygen atoms in total. The quantitative estimate of drug-likeness (QED) is 0.842. The van der Waals surface area contributed by atoms with Crippen molar-refractivity contribution >= 4 is 40.8 Å². The van der Waals surface area contributed by atoms with Crippen LogP contribution >= 0.6 is 22.9 Å². The highest BCUT2D eigenvalue weighted by atomic mass is 35.5. The van der Waals surface area contributed by atoms with Gasteiger partial charge in [0.15, 0.2) is 0 Å². The molecule has 0 aliphatic rings. The fourth-order valence-electron chi connectivity index (χ4n) is 1.42. The summed E-state index contributed by atoms with van der Waals surface area (Å²) < 4.78 is 0.638. The van der Waals surface area contributed by atoms with E-state index < -0.39 is 17.9 Å². The average Bonchev–Trinajstić information content (AvgIpc) is 2.74. The Hall–Kier alpha value is -1.60. The second kappa shape index (κ2) is 7.86. The van der Waals surface area contributed by atoms with E-state index in [4.69, 9.17) is 16.7 Å². The number of amides is 3. The Labute approximate surface area is 125 Å². The van der Waals surface area contributed by atoms with Gasteiger partial charge in [0.2, 0.25) is 5.91 Å². The summed E-state index contributed by atoms with van der Waals surface area (Å²) >= 11 is 7.15. The fourth-order valence-corrected chi connectivity index (χ4v) is 2.56. The summed E-state index contributed by atoms with van der Waals surface area (Å²) in [6.45, 7) is 0.353. The molecule has 0 radical (unpaired) electrons. The van der Waals surface area contributed by atoms with Crippen molar-refractivity contribution in [2.45, 2.75) is 25.8 Å². The van der Waals surface area contributed by atoms with Gasteiger partial charge in [0.1, 0.15) is 0 Å². The van der Waals surface area contributed by atoms with Crippen LogP contribution in [-0.4, -0.2) is 35.0 Å². The van der Waals surface area contributed by atoms with Crippen molar-refractivity contribution in [3.63, 3.8) is 0 Å². The molecule has 1 rings (SSSR count). The maximum atomic E-state index is 11.7. The van der Waals surface area contributed by atoms with Gasteiger partial charge < -0.3 is 10.0 Å². The summed E-state index contributed by atoms with van der Waals surface area (Å²) in [6, 6.07) is 3.03. The van der Waals surface area contributed by atoms with E-state index in [0.29, 0.717) is 10.9 Å². The third kappa shape index (κ3) is 6.03. The first-order valence-electron chi connectivity index (χ1n) is 5.89. The maximum Gasteiger partial charge on any atom is 0.324 e. The number of imide groups is 1. The summed E-state index contributed by atoms with van der Waals surface area (Å²) in [5.74, 6) is -1.44. The summed E-state index contributed by atoms with van der Waals surface area (Å²) in [4.78, 5) is 35.7. The van der Waals surface area contributed by atoms with Gasteiger partial charge in [0.25, 0.3) is 0 Å². The lowest BCUT2D eigenvalue weighted by molar-refractivity contribution is -0.137. The maximum absolute atomic E-state index is 11.7. The Morgan fingerprint density at radius 1 is 1.35 bits per heavy atom. The topological polar surface area (TPSA) is 86.7 Å². The fraction of sp³-hybridized carbons (Fsp3) is 0.417. The Balaban J connectivity index is 2.33. The second-order valence-corrected chi connectivity index (χ2v) is 5.96. The summed E-state index contributed by atoms with van der Waals surface area (Å²) in [6.07, 6.45) is 0.126. The van der Waals surface area contributed by atoms with Crippen LogP contribution in [0.15, 0.2) is 12.1 Å². The minimum Gasteiger partial charge on any atom is -0.481 e. The van der Waals surface area contributed by atoms with E-state index in [1.807, 2.05) is 6.07 Å². The number of carboxylic acids is 1. The number of carboxylic acid groups (broad SMARTS) is 1. The molecule has 8 heteroatoms. The molecule has 0 unspecified atom stereocenters. The minimum absolute atomic E-state index is 0.0106. The van der Waals surface area contributed by atoms with Gasteiger partial charge in [-0.2, -0.15) is 0 Å². The van der Waals surface area contributed by atoms with Crippen LogP contribution in [0, 0.1) is 0 Å². The molecule has 1 aromatic rings. The van der Waals surface area contributed by atoms with Crippen LogP contribution in [0.1, 0.15) is 24.1 Å². The number of hydrogen-bond donors (Lipinski definition) is 2. The van der Waals surface area contributed by atoms with Crippen molar-refractivity contribution in [1.29, 1.82) is 0 Å².